The van der Waals surface area contributed by atoms with Gasteiger partial charge in [0, 0.05) is 5.71 Å². The van der Waals surface area contributed by atoms with Crippen molar-refractivity contribution in [3.05, 3.63) is 0 Å². The molecule has 0 aromatic heterocycles. The van der Waals surface area contributed by atoms with E-state index >= 15 is 0 Å². The van der Waals surface area contributed by atoms with Crippen molar-refractivity contribution >= 4 is 5.71 Å². The van der Waals surface area contributed by atoms with Gasteiger partial charge in [-0.15, -0.1) is 0 Å². The third-order valence-corrected chi connectivity index (χ3v) is 1.77. The lowest BCUT2D eigenvalue weighted by Gasteiger charge is -2.20. The Hall–Kier alpha value is -0.540. The molecule has 0 saturated heterocycles. The van der Waals surface area contributed by atoms with Crippen molar-refractivity contribution in [1.82, 2.24) is 0 Å². The summed E-state index contributed by atoms with van der Waals surface area (Å²) < 4.78 is 36.0. The Labute approximate surface area is 63.3 Å². The molecule has 0 amide bonds. The molecule has 0 aromatic carbocycles. The third-order valence-electron chi connectivity index (χ3n) is 1.77. The normalized spacial score (nSPS) is 26.5. The van der Waals surface area contributed by atoms with Crippen LogP contribution in [0, 0.1) is 0 Å². The third kappa shape index (κ3) is 2.20. The molecular weight excluding hydrogens is 155 g/mol. The molecule has 0 N–H and O–H groups in total. The highest BCUT2D eigenvalue weighted by molar-refractivity contribution is 5.82. The molecule has 4 heteroatoms. The van der Waals surface area contributed by atoms with E-state index in [2.05, 4.69) is 4.99 Å². The largest absolute Gasteiger partial charge is 0.410 e. The minimum atomic E-state index is -4.14. The molecule has 0 radical (unpaired) electrons. The summed E-state index contributed by atoms with van der Waals surface area (Å²) in [6, 6.07) is -1.43. The molecular formula is C7H10F3N. The molecule has 0 saturated carbocycles. The summed E-state index contributed by atoms with van der Waals surface area (Å²) >= 11 is 0. The van der Waals surface area contributed by atoms with E-state index in [1.165, 1.54) is 0 Å². The lowest BCUT2D eigenvalue weighted by Crippen LogP contribution is -2.30. The number of alkyl halides is 3. The van der Waals surface area contributed by atoms with E-state index in [-0.39, 0.29) is 6.42 Å². The van der Waals surface area contributed by atoms with Crippen molar-refractivity contribution in [1.29, 1.82) is 0 Å². The summed E-state index contributed by atoms with van der Waals surface area (Å²) in [5, 5.41) is 0. The molecule has 1 atom stereocenters. The Morgan fingerprint density at radius 3 is 2.45 bits per heavy atom. The molecule has 1 heterocycles. The molecule has 1 aliphatic rings. The summed E-state index contributed by atoms with van der Waals surface area (Å²) in [6.45, 7) is 1.65. The van der Waals surface area contributed by atoms with Crippen LogP contribution in [0.25, 0.3) is 0 Å². The van der Waals surface area contributed by atoms with E-state index in [0.717, 1.165) is 0 Å². The van der Waals surface area contributed by atoms with Gasteiger partial charge in [0.1, 0.15) is 6.04 Å². The molecule has 11 heavy (non-hydrogen) atoms. The fraction of sp³-hybridized carbons (Fsp3) is 0.857. The average molecular weight is 165 g/mol. The van der Waals surface area contributed by atoms with Crippen molar-refractivity contribution in [3.63, 3.8) is 0 Å². The van der Waals surface area contributed by atoms with E-state index < -0.39 is 12.2 Å². The number of aliphatic imine (C=N–C) groups is 1. The summed E-state index contributed by atoms with van der Waals surface area (Å²) in [4.78, 5) is 3.55. The maximum atomic E-state index is 12.0. The zero-order chi connectivity index (χ0) is 8.48. The maximum Gasteiger partial charge on any atom is 0.410 e. The van der Waals surface area contributed by atoms with Gasteiger partial charge in [0.15, 0.2) is 0 Å². The molecule has 0 aromatic rings. The zero-order valence-corrected chi connectivity index (χ0v) is 6.28. The number of hydrogen-bond donors (Lipinski definition) is 0. The fourth-order valence-corrected chi connectivity index (χ4v) is 1.18. The first-order chi connectivity index (χ1) is 5.00. The van der Waals surface area contributed by atoms with Gasteiger partial charge in [-0.3, -0.25) is 4.99 Å². The molecule has 1 unspecified atom stereocenters. The SMILES string of the molecule is CC1=NC(C(F)(F)F)CCC1. The molecule has 1 nitrogen and oxygen atoms in total. The Bertz CT molecular complexity index is 171. The van der Waals surface area contributed by atoms with E-state index in [9.17, 15) is 13.2 Å². The van der Waals surface area contributed by atoms with Gasteiger partial charge in [0.05, 0.1) is 0 Å². The van der Waals surface area contributed by atoms with Crippen molar-refractivity contribution in [2.45, 2.75) is 38.4 Å². The van der Waals surface area contributed by atoms with E-state index in [0.29, 0.717) is 18.6 Å². The van der Waals surface area contributed by atoms with Crippen molar-refractivity contribution in [2.75, 3.05) is 0 Å². The second-order valence-electron chi connectivity index (χ2n) is 2.81. The van der Waals surface area contributed by atoms with Crippen molar-refractivity contribution < 1.29 is 13.2 Å². The van der Waals surface area contributed by atoms with Crippen molar-refractivity contribution in [3.8, 4) is 0 Å². The monoisotopic (exact) mass is 165 g/mol. The second-order valence-corrected chi connectivity index (χ2v) is 2.81. The van der Waals surface area contributed by atoms with Crippen LogP contribution >= 0.6 is 0 Å². The summed E-state index contributed by atoms with van der Waals surface area (Å²) in [5.74, 6) is 0. The first kappa shape index (κ1) is 8.56. The summed E-state index contributed by atoms with van der Waals surface area (Å²) in [5.41, 5.74) is 0.624. The van der Waals surface area contributed by atoms with Gasteiger partial charge in [0.25, 0.3) is 0 Å². The Morgan fingerprint density at radius 2 is 2.09 bits per heavy atom. The van der Waals surface area contributed by atoms with Gasteiger partial charge in [-0.05, 0) is 26.2 Å². The van der Waals surface area contributed by atoms with Crippen molar-refractivity contribution in [2.24, 2.45) is 4.99 Å². The predicted molar refractivity (Wildman–Crippen MR) is 36.8 cm³/mol. The molecule has 0 fully saturated rings. The standard InChI is InChI=1S/C7H10F3N/c1-5-3-2-4-6(11-5)7(8,9)10/h6H,2-4H2,1H3. The molecule has 0 bridgehead atoms. The Morgan fingerprint density at radius 1 is 1.45 bits per heavy atom. The molecule has 0 aliphatic carbocycles. The first-order valence-electron chi connectivity index (χ1n) is 3.60. The first-order valence-corrected chi connectivity index (χ1v) is 3.60. The van der Waals surface area contributed by atoms with Crippen LogP contribution in [-0.2, 0) is 0 Å². The smallest absolute Gasteiger partial charge is 0.282 e. The quantitative estimate of drug-likeness (QED) is 0.523. The maximum absolute atomic E-state index is 12.0. The lowest BCUT2D eigenvalue weighted by atomic mass is 10.0. The number of rotatable bonds is 0. The van der Waals surface area contributed by atoms with Crippen LogP contribution in [0.2, 0.25) is 0 Å². The molecule has 1 aliphatic heterocycles. The van der Waals surface area contributed by atoms with Gasteiger partial charge in [-0.2, -0.15) is 13.2 Å². The van der Waals surface area contributed by atoms with Gasteiger partial charge >= 0.3 is 6.18 Å². The van der Waals surface area contributed by atoms with Crippen LogP contribution in [0.15, 0.2) is 4.99 Å². The Balaban J connectivity index is 2.67. The van der Waals surface area contributed by atoms with Gasteiger partial charge in [-0.1, -0.05) is 0 Å². The van der Waals surface area contributed by atoms with Crippen LogP contribution in [0.4, 0.5) is 13.2 Å². The number of nitrogens with zero attached hydrogens (tertiary/aromatic N) is 1. The summed E-state index contributed by atoms with van der Waals surface area (Å²) in [6.07, 6.45) is -2.66. The van der Waals surface area contributed by atoms with Crippen LogP contribution in [-0.4, -0.2) is 17.9 Å². The van der Waals surface area contributed by atoms with Crippen LogP contribution < -0.4 is 0 Å². The summed E-state index contributed by atoms with van der Waals surface area (Å²) in [7, 11) is 0. The lowest BCUT2D eigenvalue weighted by molar-refractivity contribution is -0.149. The second kappa shape index (κ2) is 2.83. The molecule has 0 spiro atoms. The topological polar surface area (TPSA) is 12.4 Å². The minimum Gasteiger partial charge on any atom is -0.282 e. The van der Waals surface area contributed by atoms with Gasteiger partial charge in [-0.25, -0.2) is 0 Å². The average Bonchev–Trinajstić information content (AvgIpc) is 1.86. The number of hydrogen-bond acceptors (Lipinski definition) is 1. The highest BCUT2D eigenvalue weighted by atomic mass is 19.4. The van der Waals surface area contributed by atoms with Gasteiger partial charge < -0.3 is 0 Å². The minimum absolute atomic E-state index is 0.154. The highest BCUT2D eigenvalue weighted by Gasteiger charge is 2.39. The highest BCUT2D eigenvalue weighted by Crippen LogP contribution is 2.29. The number of halogens is 3. The van der Waals surface area contributed by atoms with E-state index in [1.54, 1.807) is 6.92 Å². The fourth-order valence-electron chi connectivity index (χ4n) is 1.18. The van der Waals surface area contributed by atoms with Crippen LogP contribution in [0.1, 0.15) is 26.2 Å². The van der Waals surface area contributed by atoms with Crippen LogP contribution in [0.3, 0.4) is 0 Å². The van der Waals surface area contributed by atoms with Crippen LogP contribution in [0.5, 0.6) is 0 Å². The Kier molecular flexibility index (Phi) is 2.20. The van der Waals surface area contributed by atoms with E-state index in [1.807, 2.05) is 0 Å². The molecule has 1 rings (SSSR count). The van der Waals surface area contributed by atoms with Gasteiger partial charge in [0.2, 0.25) is 0 Å². The predicted octanol–water partition coefficient (Wildman–Crippen LogP) is 2.56. The molecule has 64 valence electrons. The zero-order valence-electron chi connectivity index (χ0n) is 6.28. The van der Waals surface area contributed by atoms with E-state index in [4.69, 9.17) is 0 Å².